The third-order valence-electron chi connectivity index (χ3n) is 1.85. The SMILES string of the molecule is CNCCNc1cc(Br)ccc1OC. The van der Waals surface area contributed by atoms with E-state index in [4.69, 9.17) is 4.74 Å². The van der Waals surface area contributed by atoms with Gasteiger partial charge in [-0.2, -0.15) is 0 Å². The third-order valence-corrected chi connectivity index (χ3v) is 2.35. The molecule has 1 rings (SSSR count). The van der Waals surface area contributed by atoms with Gasteiger partial charge >= 0.3 is 0 Å². The fourth-order valence-electron chi connectivity index (χ4n) is 1.14. The minimum absolute atomic E-state index is 0.865. The standard InChI is InChI=1S/C10H15BrN2O/c1-12-5-6-13-9-7-8(11)3-4-10(9)14-2/h3-4,7,12-13H,5-6H2,1-2H3. The molecule has 0 radical (unpaired) electrons. The molecule has 0 aliphatic heterocycles. The van der Waals surface area contributed by atoms with Crippen LogP contribution < -0.4 is 15.4 Å². The van der Waals surface area contributed by atoms with Crippen molar-refractivity contribution in [2.45, 2.75) is 0 Å². The summed E-state index contributed by atoms with van der Waals surface area (Å²) in [5.41, 5.74) is 1.01. The normalized spacial score (nSPS) is 9.93. The van der Waals surface area contributed by atoms with Crippen molar-refractivity contribution in [3.8, 4) is 5.75 Å². The fraction of sp³-hybridized carbons (Fsp3) is 0.400. The molecule has 0 unspecified atom stereocenters. The molecule has 1 aromatic rings. The highest BCUT2D eigenvalue weighted by Gasteiger charge is 2.01. The maximum Gasteiger partial charge on any atom is 0.142 e. The van der Waals surface area contributed by atoms with E-state index in [0.717, 1.165) is 29.0 Å². The summed E-state index contributed by atoms with van der Waals surface area (Å²) in [5.74, 6) is 0.865. The van der Waals surface area contributed by atoms with Gasteiger partial charge in [0.05, 0.1) is 12.8 Å². The minimum atomic E-state index is 0.865. The van der Waals surface area contributed by atoms with Gasteiger partial charge in [-0.3, -0.25) is 0 Å². The Bertz CT molecular complexity index is 291. The van der Waals surface area contributed by atoms with Crippen LogP contribution in [0, 0.1) is 0 Å². The van der Waals surface area contributed by atoms with Crippen LogP contribution >= 0.6 is 15.9 Å². The highest BCUT2D eigenvalue weighted by atomic mass is 79.9. The largest absolute Gasteiger partial charge is 0.495 e. The van der Waals surface area contributed by atoms with Crippen molar-refractivity contribution in [2.75, 3.05) is 32.6 Å². The molecule has 0 spiro atoms. The number of likely N-dealkylation sites (N-methyl/N-ethyl adjacent to an activating group) is 1. The molecule has 0 heterocycles. The van der Waals surface area contributed by atoms with Crippen LogP contribution in [0.3, 0.4) is 0 Å². The van der Waals surface area contributed by atoms with Crippen molar-refractivity contribution in [2.24, 2.45) is 0 Å². The van der Waals surface area contributed by atoms with Gasteiger partial charge in [-0.25, -0.2) is 0 Å². The number of anilines is 1. The first-order valence-electron chi connectivity index (χ1n) is 4.50. The van der Waals surface area contributed by atoms with Gasteiger partial charge in [0.1, 0.15) is 5.75 Å². The first-order chi connectivity index (χ1) is 6.77. The maximum atomic E-state index is 5.23. The zero-order chi connectivity index (χ0) is 10.4. The number of ether oxygens (including phenoxy) is 1. The lowest BCUT2D eigenvalue weighted by molar-refractivity contribution is 0.416. The Kier molecular flexibility index (Phi) is 4.76. The quantitative estimate of drug-likeness (QED) is 0.794. The van der Waals surface area contributed by atoms with E-state index in [1.54, 1.807) is 7.11 Å². The summed E-state index contributed by atoms with van der Waals surface area (Å²) in [4.78, 5) is 0. The Morgan fingerprint density at radius 1 is 1.36 bits per heavy atom. The van der Waals surface area contributed by atoms with Crippen molar-refractivity contribution < 1.29 is 4.74 Å². The lowest BCUT2D eigenvalue weighted by Crippen LogP contribution is -2.17. The summed E-state index contributed by atoms with van der Waals surface area (Å²) < 4.78 is 6.27. The van der Waals surface area contributed by atoms with E-state index in [9.17, 15) is 0 Å². The predicted octanol–water partition coefficient (Wildman–Crippen LogP) is 2.09. The van der Waals surface area contributed by atoms with Crippen LogP contribution in [0.4, 0.5) is 5.69 Å². The third kappa shape index (κ3) is 3.20. The molecule has 0 bridgehead atoms. The molecule has 3 nitrogen and oxygen atoms in total. The second kappa shape index (κ2) is 5.88. The van der Waals surface area contributed by atoms with Gasteiger partial charge in [-0.1, -0.05) is 15.9 Å². The number of halogens is 1. The topological polar surface area (TPSA) is 33.3 Å². The molecule has 0 aliphatic carbocycles. The second-order valence-corrected chi connectivity index (χ2v) is 3.79. The Morgan fingerprint density at radius 2 is 2.14 bits per heavy atom. The zero-order valence-electron chi connectivity index (χ0n) is 8.43. The number of rotatable bonds is 5. The number of benzene rings is 1. The molecule has 4 heteroatoms. The van der Waals surface area contributed by atoms with E-state index in [-0.39, 0.29) is 0 Å². The van der Waals surface area contributed by atoms with E-state index in [1.807, 2.05) is 25.2 Å². The van der Waals surface area contributed by atoms with Gasteiger partial charge in [0.15, 0.2) is 0 Å². The van der Waals surface area contributed by atoms with Gasteiger partial charge < -0.3 is 15.4 Å². The van der Waals surface area contributed by atoms with E-state index < -0.39 is 0 Å². The van der Waals surface area contributed by atoms with Crippen LogP contribution in [0.25, 0.3) is 0 Å². The van der Waals surface area contributed by atoms with Crippen molar-refractivity contribution >= 4 is 21.6 Å². The molecule has 78 valence electrons. The van der Waals surface area contributed by atoms with Crippen molar-refractivity contribution in [1.82, 2.24) is 5.32 Å². The number of hydrogen-bond donors (Lipinski definition) is 2. The summed E-state index contributed by atoms with van der Waals surface area (Å²) in [6.45, 7) is 1.80. The molecular formula is C10H15BrN2O. The van der Waals surface area contributed by atoms with Crippen molar-refractivity contribution in [3.05, 3.63) is 22.7 Å². The van der Waals surface area contributed by atoms with Crippen molar-refractivity contribution in [1.29, 1.82) is 0 Å². The van der Waals surface area contributed by atoms with Crippen LogP contribution in [0.15, 0.2) is 22.7 Å². The summed E-state index contributed by atoms with van der Waals surface area (Å²) in [6, 6.07) is 5.91. The van der Waals surface area contributed by atoms with Crippen LogP contribution in [0.2, 0.25) is 0 Å². The summed E-state index contributed by atoms with van der Waals surface area (Å²) in [7, 11) is 3.60. The smallest absolute Gasteiger partial charge is 0.142 e. The Morgan fingerprint density at radius 3 is 2.79 bits per heavy atom. The average molecular weight is 259 g/mol. The van der Waals surface area contributed by atoms with Crippen LogP contribution in [0.5, 0.6) is 5.75 Å². The molecule has 2 N–H and O–H groups in total. The molecule has 0 atom stereocenters. The van der Waals surface area contributed by atoms with E-state index in [2.05, 4.69) is 26.6 Å². The number of hydrogen-bond acceptors (Lipinski definition) is 3. The van der Waals surface area contributed by atoms with Crippen LogP contribution in [0.1, 0.15) is 0 Å². The highest BCUT2D eigenvalue weighted by Crippen LogP contribution is 2.27. The first kappa shape index (κ1) is 11.3. The molecule has 0 aliphatic rings. The Hall–Kier alpha value is -0.740. The van der Waals surface area contributed by atoms with E-state index >= 15 is 0 Å². The molecule has 0 fully saturated rings. The molecule has 14 heavy (non-hydrogen) atoms. The Balaban J connectivity index is 2.67. The van der Waals surface area contributed by atoms with Crippen LogP contribution in [-0.2, 0) is 0 Å². The number of methoxy groups -OCH3 is 1. The molecule has 0 saturated heterocycles. The lowest BCUT2D eigenvalue weighted by atomic mass is 10.3. The predicted molar refractivity (Wildman–Crippen MR) is 63.1 cm³/mol. The summed E-state index contributed by atoms with van der Waals surface area (Å²) in [5, 5.41) is 6.36. The minimum Gasteiger partial charge on any atom is -0.495 e. The molecule has 0 aromatic heterocycles. The molecule has 1 aromatic carbocycles. The number of nitrogens with one attached hydrogen (secondary N) is 2. The summed E-state index contributed by atoms with van der Waals surface area (Å²) in [6.07, 6.45) is 0. The van der Waals surface area contributed by atoms with E-state index in [0.29, 0.717) is 0 Å². The lowest BCUT2D eigenvalue weighted by Gasteiger charge is -2.11. The second-order valence-electron chi connectivity index (χ2n) is 2.87. The van der Waals surface area contributed by atoms with E-state index in [1.165, 1.54) is 0 Å². The maximum absolute atomic E-state index is 5.23. The fourth-order valence-corrected chi connectivity index (χ4v) is 1.50. The molecule has 0 amide bonds. The summed E-state index contributed by atoms with van der Waals surface area (Å²) >= 11 is 3.42. The molecular weight excluding hydrogens is 244 g/mol. The van der Waals surface area contributed by atoms with Gasteiger partial charge in [-0.05, 0) is 25.2 Å². The monoisotopic (exact) mass is 258 g/mol. The molecule has 0 saturated carbocycles. The van der Waals surface area contributed by atoms with Gasteiger partial charge in [0, 0.05) is 17.6 Å². The zero-order valence-corrected chi connectivity index (χ0v) is 10.0. The van der Waals surface area contributed by atoms with Crippen molar-refractivity contribution in [3.63, 3.8) is 0 Å². The average Bonchev–Trinajstić information content (AvgIpc) is 2.19. The van der Waals surface area contributed by atoms with Gasteiger partial charge in [0.25, 0.3) is 0 Å². The highest BCUT2D eigenvalue weighted by molar-refractivity contribution is 9.10. The van der Waals surface area contributed by atoms with Gasteiger partial charge in [0.2, 0.25) is 0 Å². The Labute approximate surface area is 93.0 Å². The van der Waals surface area contributed by atoms with Gasteiger partial charge in [-0.15, -0.1) is 0 Å². The first-order valence-corrected chi connectivity index (χ1v) is 5.29. The van der Waals surface area contributed by atoms with Crippen LogP contribution in [-0.4, -0.2) is 27.2 Å².